The van der Waals surface area contributed by atoms with Gasteiger partial charge in [-0.2, -0.15) is 0 Å². The highest BCUT2D eigenvalue weighted by molar-refractivity contribution is 5.84. The summed E-state index contributed by atoms with van der Waals surface area (Å²) in [6, 6.07) is 0. The Morgan fingerprint density at radius 3 is 2.45 bits per heavy atom. The van der Waals surface area contributed by atoms with Crippen molar-refractivity contribution in [3.63, 3.8) is 0 Å². The zero-order valence-electron chi connectivity index (χ0n) is 13.3. The van der Waals surface area contributed by atoms with Crippen molar-refractivity contribution in [3.05, 3.63) is 11.9 Å². The van der Waals surface area contributed by atoms with Crippen molar-refractivity contribution in [1.29, 1.82) is 0 Å². The number of aromatic nitrogens is 3. The first kappa shape index (κ1) is 16.5. The van der Waals surface area contributed by atoms with Crippen molar-refractivity contribution in [2.45, 2.75) is 59.1 Å². The molecule has 0 unspecified atom stereocenters. The summed E-state index contributed by atoms with van der Waals surface area (Å²) in [4.78, 5) is 22.6. The number of carboxylic acid groups (broad SMARTS) is 1. The fourth-order valence-corrected chi connectivity index (χ4v) is 2.88. The minimum Gasteiger partial charge on any atom is -0.476 e. The average molecular weight is 309 g/mol. The number of nitrogens with zero attached hydrogens (tertiary/aromatic N) is 3. The smallest absolute Gasteiger partial charge is 0.358 e. The van der Waals surface area contributed by atoms with E-state index in [1.54, 1.807) is 0 Å². The molecule has 0 saturated heterocycles. The van der Waals surface area contributed by atoms with E-state index in [0.29, 0.717) is 11.3 Å². The number of rotatable bonds is 4. The van der Waals surface area contributed by atoms with Gasteiger partial charge in [0, 0.05) is 0 Å². The topological polar surface area (TPSA) is 94.3 Å². The van der Waals surface area contributed by atoms with Crippen LogP contribution in [0.25, 0.3) is 0 Å². The van der Waals surface area contributed by atoms with Crippen LogP contribution < -0.4 is 0 Å². The second-order valence-electron chi connectivity index (χ2n) is 6.94. The monoisotopic (exact) mass is 309 g/mol. The standard InChI is InChI=1S/C15H23N3O4/c1-15(2,3)10-4-6-11(7-5-10)22-13(19)9-18-8-12(14(20)21)16-17-18/h8,10-11H,4-7,9H2,1-3H3,(H,20,21). The second kappa shape index (κ2) is 6.46. The third kappa shape index (κ3) is 4.29. The molecule has 2 rings (SSSR count). The number of carboxylic acids is 1. The van der Waals surface area contributed by atoms with E-state index in [1.807, 2.05) is 0 Å². The molecule has 0 spiro atoms. The summed E-state index contributed by atoms with van der Waals surface area (Å²) in [6.45, 7) is 6.62. The third-order valence-electron chi connectivity index (χ3n) is 4.25. The van der Waals surface area contributed by atoms with Crippen LogP contribution in [0, 0.1) is 11.3 Å². The molecule has 0 radical (unpaired) electrons. The molecule has 0 aliphatic heterocycles. The second-order valence-corrected chi connectivity index (χ2v) is 6.94. The lowest BCUT2D eigenvalue weighted by molar-refractivity contribution is -0.152. The number of hydrogen-bond acceptors (Lipinski definition) is 5. The van der Waals surface area contributed by atoms with Gasteiger partial charge < -0.3 is 9.84 Å². The molecule has 1 aliphatic rings. The molecule has 1 aromatic rings. The van der Waals surface area contributed by atoms with Gasteiger partial charge in [-0.25, -0.2) is 9.48 Å². The fraction of sp³-hybridized carbons (Fsp3) is 0.733. The highest BCUT2D eigenvalue weighted by Gasteiger charge is 2.31. The first-order valence-electron chi connectivity index (χ1n) is 7.58. The molecule has 0 atom stereocenters. The Bertz CT molecular complexity index is 539. The van der Waals surface area contributed by atoms with Gasteiger partial charge in [-0.3, -0.25) is 4.79 Å². The summed E-state index contributed by atoms with van der Waals surface area (Å²) in [5.41, 5.74) is 0.113. The van der Waals surface area contributed by atoms with Gasteiger partial charge >= 0.3 is 11.9 Å². The lowest BCUT2D eigenvalue weighted by Crippen LogP contribution is -2.31. The van der Waals surface area contributed by atoms with Gasteiger partial charge in [0.2, 0.25) is 0 Å². The Morgan fingerprint density at radius 1 is 1.32 bits per heavy atom. The summed E-state index contributed by atoms with van der Waals surface area (Å²) < 4.78 is 6.64. The number of esters is 1. The number of hydrogen-bond donors (Lipinski definition) is 1. The van der Waals surface area contributed by atoms with Crippen LogP contribution in [0.4, 0.5) is 0 Å². The molecule has 1 aliphatic carbocycles. The van der Waals surface area contributed by atoms with Crippen molar-refractivity contribution in [3.8, 4) is 0 Å². The average Bonchev–Trinajstić information content (AvgIpc) is 2.86. The van der Waals surface area contributed by atoms with E-state index >= 15 is 0 Å². The van der Waals surface area contributed by atoms with Crippen LogP contribution in [0.5, 0.6) is 0 Å². The Hall–Kier alpha value is -1.92. The van der Waals surface area contributed by atoms with E-state index in [9.17, 15) is 9.59 Å². The molecule has 1 heterocycles. The zero-order chi connectivity index (χ0) is 16.3. The Morgan fingerprint density at radius 2 is 1.95 bits per heavy atom. The lowest BCUT2D eigenvalue weighted by Gasteiger charge is -2.36. The minimum absolute atomic E-state index is 0.0476. The van der Waals surface area contributed by atoms with Crippen LogP contribution >= 0.6 is 0 Å². The molecule has 7 nitrogen and oxygen atoms in total. The minimum atomic E-state index is -1.17. The van der Waals surface area contributed by atoms with Crippen LogP contribution in [0.15, 0.2) is 6.20 Å². The SMILES string of the molecule is CC(C)(C)C1CCC(OC(=O)Cn2cc(C(=O)O)nn2)CC1. The molecule has 122 valence electrons. The van der Waals surface area contributed by atoms with Crippen molar-refractivity contribution in [2.75, 3.05) is 0 Å². The third-order valence-corrected chi connectivity index (χ3v) is 4.25. The molecule has 1 N–H and O–H groups in total. The largest absolute Gasteiger partial charge is 0.476 e. The van der Waals surface area contributed by atoms with Crippen LogP contribution in [0.2, 0.25) is 0 Å². The van der Waals surface area contributed by atoms with E-state index in [-0.39, 0.29) is 18.3 Å². The van der Waals surface area contributed by atoms with Gasteiger partial charge in [0.25, 0.3) is 0 Å². The molecule has 0 bridgehead atoms. The Kier molecular flexibility index (Phi) is 4.83. The molecule has 22 heavy (non-hydrogen) atoms. The highest BCUT2D eigenvalue weighted by atomic mass is 16.5. The number of aromatic carboxylic acids is 1. The van der Waals surface area contributed by atoms with E-state index in [2.05, 4.69) is 31.1 Å². The Labute approximate surface area is 129 Å². The first-order chi connectivity index (χ1) is 10.3. The molecular weight excluding hydrogens is 286 g/mol. The highest BCUT2D eigenvalue weighted by Crippen LogP contribution is 2.38. The molecule has 7 heteroatoms. The summed E-state index contributed by atoms with van der Waals surface area (Å²) in [6.07, 6.45) is 5.06. The van der Waals surface area contributed by atoms with Gasteiger partial charge in [0.05, 0.1) is 6.20 Å². The van der Waals surface area contributed by atoms with Gasteiger partial charge in [-0.15, -0.1) is 5.10 Å². The zero-order valence-corrected chi connectivity index (χ0v) is 13.3. The number of carbonyl (C=O) groups excluding carboxylic acids is 1. The van der Waals surface area contributed by atoms with Gasteiger partial charge in [-0.05, 0) is 37.0 Å². The normalized spacial score (nSPS) is 22.3. The van der Waals surface area contributed by atoms with E-state index in [4.69, 9.17) is 9.84 Å². The molecule has 1 aromatic heterocycles. The van der Waals surface area contributed by atoms with Crippen LogP contribution in [0.3, 0.4) is 0 Å². The molecular formula is C15H23N3O4. The van der Waals surface area contributed by atoms with E-state index in [1.165, 1.54) is 10.9 Å². The number of ether oxygens (including phenoxy) is 1. The van der Waals surface area contributed by atoms with E-state index < -0.39 is 11.9 Å². The molecule has 0 amide bonds. The summed E-state index contributed by atoms with van der Waals surface area (Å²) in [5, 5.41) is 15.8. The first-order valence-corrected chi connectivity index (χ1v) is 7.58. The maximum atomic E-state index is 11.9. The summed E-state index contributed by atoms with van der Waals surface area (Å²) in [5.74, 6) is -0.906. The summed E-state index contributed by atoms with van der Waals surface area (Å²) >= 11 is 0. The summed E-state index contributed by atoms with van der Waals surface area (Å²) in [7, 11) is 0. The van der Waals surface area contributed by atoms with Gasteiger partial charge in [0.15, 0.2) is 5.69 Å². The lowest BCUT2D eigenvalue weighted by atomic mass is 9.72. The maximum absolute atomic E-state index is 11.9. The quantitative estimate of drug-likeness (QED) is 0.856. The Balaban J connectivity index is 1.79. The van der Waals surface area contributed by atoms with Crippen LogP contribution in [-0.2, 0) is 16.1 Å². The van der Waals surface area contributed by atoms with Gasteiger partial charge in [0.1, 0.15) is 12.6 Å². The molecule has 1 fully saturated rings. The maximum Gasteiger partial charge on any atom is 0.358 e. The van der Waals surface area contributed by atoms with Crippen molar-refractivity contribution >= 4 is 11.9 Å². The predicted octanol–water partition coefficient (Wildman–Crippen LogP) is 2.12. The van der Waals surface area contributed by atoms with Crippen LogP contribution in [0.1, 0.15) is 56.9 Å². The number of carbonyl (C=O) groups is 2. The van der Waals surface area contributed by atoms with Crippen molar-refractivity contribution < 1.29 is 19.4 Å². The van der Waals surface area contributed by atoms with Crippen molar-refractivity contribution in [2.24, 2.45) is 11.3 Å². The molecule has 1 saturated carbocycles. The predicted molar refractivity (Wildman–Crippen MR) is 78.3 cm³/mol. The fourth-order valence-electron chi connectivity index (χ4n) is 2.88. The van der Waals surface area contributed by atoms with Gasteiger partial charge in [-0.1, -0.05) is 26.0 Å². The molecule has 0 aromatic carbocycles. The van der Waals surface area contributed by atoms with Crippen LogP contribution in [-0.4, -0.2) is 38.1 Å². The van der Waals surface area contributed by atoms with Crippen molar-refractivity contribution in [1.82, 2.24) is 15.0 Å². The van der Waals surface area contributed by atoms with E-state index in [0.717, 1.165) is 25.7 Å².